The molecule has 0 saturated carbocycles. The zero-order chi connectivity index (χ0) is 15.0. The number of nitrogens with zero attached hydrogens (tertiary/aromatic N) is 2. The number of hydrogen-bond donors (Lipinski definition) is 1. The monoisotopic (exact) mass is 279 g/mol. The zero-order valence-corrected chi connectivity index (χ0v) is 11.4. The van der Waals surface area contributed by atoms with Crippen LogP contribution in [0.3, 0.4) is 0 Å². The first-order chi connectivity index (χ1) is 10.1. The van der Waals surface area contributed by atoms with E-state index in [0.717, 1.165) is 16.5 Å². The smallest absolute Gasteiger partial charge is 0.277 e. The van der Waals surface area contributed by atoms with Crippen LogP contribution in [0.1, 0.15) is 5.56 Å². The molecule has 0 saturated heterocycles. The van der Waals surface area contributed by atoms with Crippen molar-refractivity contribution < 1.29 is 4.92 Å². The molecule has 2 N–H and O–H groups in total. The number of nitro benzene ring substituents is 1. The fraction of sp³-hybridized carbons (Fsp3) is 0.0625. The fourth-order valence-electron chi connectivity index (χ4n) is 2.37. The Balaban J connectivity index is 2.32. The molecule has 1 aromatic heterocycles. The molecule has 0 spiro atoms. The summed E-state index contributed by atoms with van der Waals surface area (Å²) in [4.78, 5) is 15.2. The lowest BCUT2D eigenvalue weighted by Crippen LogP contribution is -1.98. The van der Waals surface area contributed by atoms with Gasteiger partial charge in [0.2, 0.25) is 0 Å². The molecule has 5 heteroatoms. The molecule has 0 amide bonds. The Hall–Kier alpha value is -2.95. The first kappa shape index (κ1) is 13.1. The average Bonchev–Trinajstić information content (AvgIpc) is 2.46. The lowest BCUT2D eigenvalue weighted by atomic mass is 10.0. The highest BCUT2D eigenvalue weighted by molar-refractivity contribution is 5.91. The summed E-state index contributed by atoms with van der Waals surface area (Å²) in [5.74, 6) is 0.294. The van der Waals surface area contributed by atoms with Crippen LogP contribution < -0.4 is 5.73 Å². The predicted octanol–water partition coefficient (Wildman–Crippen LogP) is 3.70. The van der Waals surface area contributed by atoms with Crippen molar-refractivity contribution in [2.24, 2.45) is 0 Å². The Labute approximate surface area is 121 Å². The summed E-state index contributed by atoms with van der Waals surface area (Å²) in [6, 6.07) is 14.4. The standard InChI is InChI=1S/C16H13N3O2/c1-10-6-7-15(19(20)21)12(8-10)13-9-11-4-2-3-5-14(11)18-16(13)17/h2-9H,1H3,(H2,17,18). The molecule has 0 aliphatic rings. The second kappa shape index (κ2) is 4.86. The first-order valence-electron chi connectivity index (χ1n) is 6.47. The van der Waals surface area contributed by atoms with E-state index in [2.05, 4.69) is 4.98 Å². The lowest BCUT2D eigenvalue weighted by molar-refractivity contribution is -0.384. The van der Waals surface area contributed by atoms with Crippen LogP contribution in [0.4, 0.5) is 11.5 Å². The molecule has 21 heavy (non-hydrogen) atoms. The third-order valence-electron chi connectivity index (χ3n) is 3.39. The van der Waals surface area contributed by atoms with Crippen LogP contribution in [0.15, 0.2) is 48.5 Å². The maximum atomic E-state index is 11.2. The van der Waals surface area contributed by atoms with E-state index >= 15 is 0 Å². The molecule has 0 radical (unpaired) electrons. The van der Waals surface area contributed by atoms with Gasteiger partial charge in [-0.3, -0.25) is 10.1 Å². The highest BCUT2D eigenvalue weighted by Gasteiger charge is 2.18. The third-order valence-corrected chi connectivity index (χ3v) is 3.39. The van der Waals surface area contributed by atoms with Crippen molar-refractivity contribution in [2.75, 3.05) is 5.73 Å². The van der Waals surface area contributed by atoms with Crippen molar-refractivity contribution in [3.8, 4) is 11.1 Å². The van der Waals surface area contributed by atoms with Gasteiger partial charge in [-0.05, 0) is 25.1 Å². The van der Waals surface area contributed by atoms with E-state index in [-0.39, 0.29) is 5.69 Å². The van der Waals surface area contributed by atoms with E-state index in [0.29, 0.717) is 16.9 Å². The van der Waals surface area contributed by atoms with Crippen LogP contribution in [-0.2, 0) is 0 Å². The van der Waals surface area contributed by atoms with Gasteiger partial charge in [0.15, 0.2) is 0 Å². The molecule has 0 aliphatic carbocycles. The molecule has 0 atom stereocenters. The van der Waals surface area contributed by atoms with Gasteiger partial charge in [0.05, 0.1) is 16.0 Å². The maximum Gasteiger partial charge on any atom is 0.277 e. The van der Waals surface area contributed by atoms with Crippen LogP contribution in [-0.4, -0.2) is 9.91 Å². The number of anilines is 1. The van der Waals surface area contributed by atoms with Gasteiger partial charge in [-0.15, -0.1) is 0 Å². The molecule has 0 bridgehead atoms. The van der Waals surface area contributed by atoms with Gasteiger partial charge in [0.1, 0.15) is 5.82 Å². The highest BCUT2D eigenvalue weighted by atomic mass is 16.6. The van der Waals surface area contributed by atoms with Crippen LogP contribution in [0.25, 0.3) is 22.0 Å². The summed E-state index contributed by atoms with van der Waals surface area (Å²) in [5.41, 5.74) is 8.82. The number of fused-ring (bicyclic) bond motifs is 1. The number of nitro groups is 1. The second-order valence-electron chi connectivity index (χ2n) is 4.89. The number of aromatic nitrogens is 1. The van der Waals surface area contributed by atoms with Gasteiger partial charge in [0, 0.05) is 17.0 Å². The number of pyridine rings is 1. The molecular weight excluding hydrogens is 266 g/mol. The topological polar surface area (TPSA) is 82.0 Å². The maximum absolute atomic E-state index is 11.2. The number of nitrogen functional groups attached to an aromatic ring is 1. The Morgan fingerprint density at radius 3 is 2.62 bits per heavy atom. The molecule has 0 aliphatic heterocycles. The van der Waals surface area contributed by atoms with Gasteiger partial charge in [-0.25, -0.2) is 4.98 Å². The summed E-state index contributed by atoms with van der Waals surface area (Å²) in [5, 5.41) is 12.1. The Morgan fingerprint density at radius 2 is 1.86 bits per heavy atom. The van der Waals surface area contributed by atoms with Gasteiger partial charge in [-0.1, -0.05) is 29.8 Å². The molecule has 0 fully saturated rings. The Kier molecular flexibility index (Phi) is 3.02. The molecule has 1 heterocycles. The van der Waals surface area contributed by atoms with Crippen molar-refractivity contribution in [3.05, 3.63) is 64.2 Å². The number of benzene rings is 2. The van der Waals surface area contributed by atoms with E-state index in [4.69, 9.17) is 5.73 Å². The largest absolute Gasteiger partial charge is 0.383 e. The van der Waals surface area contributed by atoms with Crippen LogP contribution in [0.5, 0.6) is 0 Å². The first-order valence-corrected chi connectivity index (χ1v) is 6.47. The van der Waals surface area contributed by atoms with Crippen LogP contribution in [0.2, 0.25) is 0 Å². The molecule has 104 valence electrons. The summed E-state index contributed by atoms with van der Waals surface area (Å²) in [7, 11) is 0. The van der Waals surface area contributed by atoms with E-state index in [1.54, 1.807) is 12.1 Å². The number of rotatable bonds is 2. The summed E-state index contributed by atoms with van der Waals surface area (Å²) in [6.45, 7) is 1.89. The van der Waals surface area contributed by atoms with E-state index < -0.39 is 4.92 Å². The number of para-hydroxylation sites is 1. The molecule has 2 aromatic carbocycles. The van der Waals surface area contributed by atoms with E-state index in [1.807, 2.05) is 37.3 Å². The summed E-state index contributed by atoms with van der Waals surface area (Å²) in [6.07, 6.45) is 0. The minimum absolute atomic E-state index is 0.0318. The molecule has 3 aromatic rings. The minimum Gasteiger partial charge on any atom is -0.383 e. The Morgan fingerprint density at radius 1 is 1.10 bits per heavy atom. The van der Waals surface area contributed by atoms with Crippen molar-refractivity contribution in [3.63, 3.8) is 0 Å². The minimum atomic E-state index is -0.399. The quantitative estimate of drug-likeness (QED) is 0.572. The van der Waals surface area contributed by atoms with Crippen molar-refractivity contribution in [1.29, 1.82) is 0 Å². The molecule has 3 rings (SSSR count). The van der Waals surface area contributed by atoms with Crippen LogP contribution in [0, 0.1) is 17.0 Å². The summed E-state index contributed by atoms with van der Waals surface area (Å²) >= 11 is 0. The predicted molar refractivity (Wildman–Crippen MR) is 83.0 cm³/mol. The average molecular weight is 279 g/mol. The summed E-state index contributed by atoms with van der Waals surface area (Å²) < 4.78 is 0. The molecule has 0 unspecified atom stereocenters. The van der Waals surface area contributed by atoms with Gasteiger partial charge < -0.3 is 5.73 Å². The third kappa shape index (κ3) is 2.29. The second-order valence-corrected chi connectivity index (χ2v) is 4.89. The van der Waals surface area contributed by atoms with Crippen molar-refractivity contribution in [1.82, 2.24) is 4.98 Å². The number of aryl methyl sites for hydroxylation is 1. The van der Waals surface area contributed by atoms with Gasteiger partial charge in [0.25, 0.3) is 5.69 Å². The van der Waals surface area contributed by atoms with E-state index in [9.17, 15) is 10.1 Å². The fourth-order valence-corrected chi connectivity index (χ4v) is 2.37. The zero-order valence-electron chi connectivity index (χ0n) is 11.4. The number of nitrogens with two attached hydrogens (primary N) is 1. The highest BCUT2D eigenvalue weighted by Crippen LogP contribution is 2.35. The number of hydrogen-bond acceptors (Lipinski definition) is 4. The van der Waals surface area contributed by atoms with Crippen molar-refractivity contribution in [2.45, 2.75) is 6.92 Å². The SMILES string of the molecule is Cc1ccc([N+](=O)[O-])c(-c2cc3ccccc3nc2N)c1. The van der Waals surface area contributed by atoms with Gasteiger partial charge in [-0.2, -0.15) is 0 Å². The normalized spacial score (nSPS) is 10.7. The van der Waals surface area contributed by atoms with Crippen molar-refractivity contribution >= 4 is 22.4 Å². The Bertz CT molecular complexity index is 859. The van der Waals surface area contributed by atoms with Crippen LogP contribution >= 0.6 is 0 Å². The molecule has 5 nitrogen and oxygen atoms in total. The van der Waals surface area contributed by atoms with Gasteiger partial charge >= 0.3 is 0 Å². The molecular formula is C16H13N3O2. The van der Waals surface area contributed by atoms with E-state index in [1.165, 1.54) is 6.07 Å². The lowest BCUT2D eigenvalue weighted by Gasteiger charge is -2.09.